The summed E-state index contributed by atoms with van der Waals surface area (Å²) in [6.45, 7) is 7.92. The van der Waals surface area contributed by atoms with Crippen molar-refractivity contribution in [3.63, 3.8) is 0 Å². The van der Waals surface area contributed by atoms with Crippen molar-refractivity contribution < 1.29 is 14.0 Å². The Bertz CT molecular complexity index is 859. The van der Waals surface area contributed by atoms with Gasteiger partial charge in [0.25, 0.3) is 5.91 Å². The van der Waals surface area contributed by atoms with E-state index in [1.807, 2.05) is 43.9 Å². The van der Waals surface area contributed by atoms with Gasteiger partial charge in [0.1, 0.15) is 11.9 Å². The predicted molar refractivity (Wildman–Crippen MR) is 112 cm³/mol. The zero-order chi connectivity index (χ0) is 21.0. The third-order valence-electron chi connectivity index (χ3n) is 5.32. The first kappa shape index (κ1) is 20.8. The Labute approximate surface area is 171 Å². The molecule has 2 aromatic carbocycles. The Morgan fingerprint density at radius 1 is 0.966 bits per heavy atom. The molecule has 2 aromatic rings. The average Bonchev–Trinajstić information content (AvgIpc) is 2.72. The lowest BCUT2D eigenvalue weighted by molar-refractivity contribution is -0.134. The largest absolute Gasteiger partial charge is 0.366 e. The van der Waals surface area contributed by atoms with E-state index in [-0.39, 0.29) is 23.5 Å². The van der Waals surface area contributed by atoms with E-state index in [4.69, 9.17) is 0 Å². The molecule has 1 atom stereocenters. The van der Waals surface area contributed by atoms with Crippen molar-refractivity contribution in [3.05, 3.63) is 65.5 Å². The number of hydrogen-bond acceptors (Lipinski definition) is 3. The molecule has 3 rings (SSSR count). The van der Waals surface area contributed by atoms with Gasteiger partial charge in [-0.1, -0.05) is 43.7 Å². The molecule has 0 aromatic heterocycles. The fraction of sp³-hybridized carbons (Fsp3) is 0.391. The molecule has 0 unspecified atom stereocenters. The van der Waals surface area contributed by atoms with E-state index < -0.39 is 6.04 Å². The van der Waals surface area contributed by atoms with Gasteiger partial charge in [0.05, 0.1) is 5.69 Å². The van der Waals surface area contributed by atoms with Crippen LogP contribution in [0.5, 0.6) is 0 Å². The lowest BCUT2D eigenvalue weighted by Crippen LogP contribution is -2.56. The number of benzene rings is 2. The Hall–Kier alpha value is -2.89. The van der Waals surface area contributed by atoms with E-state index in [0.717, 1.165) is 5.56 Å². The van der Waals surface area contributed by atoms with Gasteiger partial charge in [0.2, 0.25) is 5.91 Å². The first-order chi connectivity index (χ1) is 13.9. The van der Waals surface area contributed by atoms with Crippen LogP contribution in [-0.4, -0.2) is 48.9 Å². The molecular weight excluding hydrogens is 369 g/mol. The minimum absolute atomic E-state index is 0.0403. The fourth-order valence-electron chi connectivity index (χ4n) is 3.52. The molecule has 1 fully saturated rings. The number of nitrogens with zero attached hydrogens (tertiary/aromatic N) is 2. The first-order valence-corrected chi connectivity index (χ1v) is 10.0. The molecule has 154 valence electrons. The van der Waals surface area contributed by atoms with E-state index >= 15 is 0 Å². The van der Waals surface area contributed by atoms with Crippen LogP contribution < -0.4 is 10.2 Å². The van der Waals surface area contributed by atoms with Crippen molar-refractivity contribution in [3.8, 4) is 0 Å². The summed E-state index contributed by atoms with van der Waals surface area (Å²) >= 11 is 0. The molecule has 0 saturated carbocycles. The van der Waals surface area contributed by atoms with Crippen LogP contribution in [0.15, 0.2) is 48.5 Å². The highest BCUT2D eigenvalue weighted by atomic mass is 19.1. The first-order valence-electron chi connectivity index (χ1n) is 10.0. The number of para-hydroxylation sites is 1. The zero-order valence-electron chi connectivity index (χ0n) is 17.2. The van der Waals surface area contributed by atoms with Crippen LogP contribution >= 0.6 is 0 Å². The topological polar surface area (TPSA) is 52.7 Å². The standard InChI is InChI=1S/C23H28FN3O2/c1-16(2)21(25-22(28)18-10-8-17(3)9-11-18)23(29)27-14-12-26(13-15-27)20-7-5-4-6-19(20)24/h4-11,16,21H,12-15H2,1-3H3,(H,25,28)/t21-/m0/s1. The van der Waals surface area contributed by atoms with Gasteiger partial charge in [-0.25, -0.2) is 4.39 Å². The highest BCUT2D eigenvalue weighted by molar-refractivity contribution is 5.97. The minimum atomic E-state index is -0.594. The summed E-state index contributed by atoms with van der Waals surface area (Å²) < 4.78 is 14.0. The summed E-state index contributed by atoms with van der Waals surface area (Å²) in [5.74, 6) is -0.630. The number of carbonyl (C=O) groups excluding carboxylic acids is 2. The van der Waals surface area contributed by atoms with Crippen molar-refractivity contribution in [2.24, 2.45) is 5.92 Å². The molecule has 1 N–H and O–H groups in total. The summed E-state index contributed by atoms with van der Waals surface area (Å²) in [4.78, 5) is 29.4. The molecule has 5 nitrogen and oxygen atoms in total. The van der Waals surface area contributed by atoms with Crippen molar-refractivity contribution in [2.75, 3.05) is 31.1 Å². The predicted octanol–water partition coefficient (Wildman–Crippen LogP) is 3.24. The molecule has 1 aliphatic heterocycles. The number of carbonyl (C=O) groups is 2. The van der Waals surface area contributed by atoms with E-state index in [1.54, 1.807) is 29.2 Å². The smallest absolute Gasteiger partial charge is 0.251 e. The number of hydrogen-bond donors (Lipinski definition) is 1. The Morgan fingerprint density at radius 2 is 1.59 bits per heavy atom. The van der Waals surface area contributed by atoms with E-state index in [0.29, 0.717) is 37.4 Å². The van der Waals surface area contributed by atoms with Gasteiger partial charge in [-0.05, 0) is 37.1 Å². The highest BCUT2D eigenvalue weighted by Crippen LogP contribution is 2.21. The van der Waals surface area contributed by atoms with E-state index in [1.165, 1.54) is 6.07 Å². The maximum atomic E-state index is 14.0. The van der Waals surface area contributed by atoms with E-state index in [2.05, 4.69) is 5.32 Å². The van der Waals surface area contributed by atoms with E-state index in [9.17, 15) is 14.0 Å². The molecule has 1 aliphatic rings. The van der Waals surface area contributed by atoms with Crippen LogP contribution in [0.4, 0.5) is 10.1 Å². The van der Waals surface area contributed by atoms with Crippen molar-refractivity contribution in [1.82, 2.24) is 10.2 Å². The summed E-state index contributed by atoms with van der Waals surface area (Å²) in [5, 5.41) is 2.90. The quantitative estimate of drug-likeness (QED) is 0.843. The van der Waals surface area contributed by atoms with Crippen molar-refractivity contribution in [1.29, 1.82) is 0 Å². The Kier molecular flexibility index (Phi) is 6.52. The molecule has 0 radical (unpaired) electrons. The van der Waals surface area contributed by atoms with Gasteiger partial charge in [-0.3, -0.25) is 9.59 Å². The van der Waals surface area contributed by atoms with Crippen LogP contribution in [0.1, 0.15) is 29.8 Å². The average molecular weight is 397 g/mol. The lowest BCUT2D eigenvalue weighted by atomic mass is 10.0. The molecular formula is C23H28FN3O2. The molecule has 1 saturated heterocycles. The van der Waals surface area contributed by atoms with Crippen LogP contribution in [0.3, 0.4) is 0 Å². The molecule has 1 heterocycles. The molecule has 0 spiro atoms. The minimum Gasteiger partial charge on any atom is -0.366 e. The number of nitrogens with one attached hydrogen (secondary N) is 1. The maximum absolute atomic E-state index is 14.0. The highest BCUT2D eigenvalue weighted by Gasteiger charge is 2.31. The number of halogens is 1. The second-order valence-electron chi connectivity index (χ2n) is 7.82. The monoisotopic (exact) mass is 397 g/mol. The van der Waals surface area contributed by atoms with Crippen LogP contribution in [-0.2, 0) is 4.79 Å². The van der Waals surface area contributed by atoms with Gasteiger partial charge >= 0.3 is 0 Å². The molecule has 6 heteroatoms. The second-order valence-corrected chi connectivity index (χ2v) is 7.82. The van der Waals surface area contributed by atoms with Gasteiger partial charge in [0, 0.05) is 31.7 Å². The number of amides is 2. The third-order valence-corrected chi connectivity index (χ3v) is 5.32. The normalized spacial score (nSPS) is 15.3. The third kappa shape index (κ3) is 4.94. The molecule has 2 amide bonds. The number of aryl methyl sites for hydroxylation is 1. The number of anilines is 1. The number of piperazine rings is 1. The Morgan fingerprint density at radius 3 is 2.17 bits per heavy atom. The fourth-order valence-corrected chi connectivity index (χ4v) is 3.52. The van der Waals surface area contributed by atoms with Crippen LogP contribution in [0.2, 0.25) is 0 Å². The summed E-state index contributed by atoms with van der Waals surface area (Å²) in [5.41, 5.74) is 2.18. The number of rotatable bonds is 5. The van der Waals surface area contributed by atoms with Crippen molar-refractivity contribution >= 4 is 17.5 Å². The van der Waals surface area contributed by atoms with Gasteiger partial charge in [0.15, 0.2) is 0 Å². The maximum Gasteiger partial charge on any atom is 0.251 e. The van der Waals surface area contributed by atoms with Crippen LogP contribution in [0.25, 0.3) is 0 Å². The lowest BCUT2D eigenvalue weighted by Gasteiger charge is -2.38. The summed E-state index contributed by atoms with van der Waals surface area (Å²) in [6, 6.07) is 13.4. The van der Waals surface area contributed by atoms with Gasteiger partial charge in [-0.2, -0.15) is 0 Å². The zero-order valence-corrected chi connectivity index (χ0v) is 17.2. The molecule has 0 bridgehead atoms. The molecule has 29 heavy (non-hydrogen) atoms. The van der Waals surface area contributed by atoms with Gasteiger partial charge in [-0.15, -0.1) is 0 Å². The summed E-state index contributed by atoms with van der Waals surface area (Å²) in [6.07, 6.45) is 0. The SMILES string of the molecule is Cc1ccc(C(=O)N[C@H](C(=O)N2CCN(c3ccccc3F)CC2)C(C)C)cc1. The van der Waals surface area contributed by atoms with Crippen molar-refractivity contribution in [2.45, 2.75) is 26.8 Å². The Balaban J connectivity index is 1.63. The van der Waals surface area contributed by atoms with Gasteiger partial charge < -0.3 is 15.1 Å². The second kappa shape index (κ2) is 9.07. The molecule has 0 aliphatic carbocycles. The van der Waals surface area contributed by atoms with Crippen LogP contribution in [0, 0.1) is 18.7 Å². The summed E-state index contributed by atoms with van der Waals surface area (Å²) in [7, 11) is 0.